The second-order valence-electron chi connectivity index (χ2n) is 5.69. The summed E-state index contributed by atoms with van der Waals surface area (Å²) in [6.45, 7) is 6.29. The Hall–Kier alpha value is -0.850. The number of sulfonamides is 1. The van der Waals surface area contributed by atoms with Gasteiger partial charge in [-0.1, -0.05) is 26.7 Å². The van der Waals surface area contributed by atoms with Crippen molar-refractivity contribution in [3.05, 3.63) is 18.0 Å². The molecule has 2 N–H and O–H groups in total. The molecule has 2 rings (SSSR count). The maximum Gasteiger partial charge on any atom is 0.242 e. The van der Waals surface area contributed by atoms with E-state index in [1.807, 2.05) is 6.07 Å². The number of hydrogen-bond donors (Lipinski definition) is 2. The monoisotopic (exact) mass is 313 g/mol. The summed E-state index contributed by atoms with van der Waals surface area (Å²) < 4.78 is 29.5. The lowest BCUT2D eigenvalue weighted by Gasteiger charge is -2.07. The Morgan fingerprint density at radius 1 is 1.29 bits per heavy atom. The zero-order valence-corrected chi connectivity index (χ0v) is 13.9. The Morgan fingerprint density at radius 3 is 2.67 bits per heavy atom. The van der Waals surface area contributed by atoms with Gasteiger partial charge < -0.3 is 9.88 Å². The second kappa shape index (κ2) is 7.42. The molecule has 0 amide bonds. The SMILES string of the molecule is CCCCCNS(=O)(=O)c1cc(CNCC)n(C2CC2)c1. The van der Waals surface area contributed by atoms with Crippen molar-refractivity contribution in [1.82, 2.24) is 14.6 Å². The molecule has 0 atom stereocenters. The highest BCUT2D eigenvalue weighted by Gasteiger charge is 2.27. The minimum Gasteiger partial charge on any atom is -0.346 e. The van der Waals surface area contributed by atoms with Crippen molar-refractivity contribution >= 4 is 10.0 Å². The standard InChI is InChI=1S/C15H27N3O2S/c1-3-5-6-9-17-21(19,20)15-10-14(11-16-4-2)18(12-15)13-7-8-13/h10,12-13,16-17H,3-9,11H2,1-2H3. The van der Waals surface area contributed by atoms with Gasteiger partial charge in [0, 0.05) is 31.0 Å². The summed E-state index contributed by atoms with van der Waals surface area (Å²) >= 11 is 0. The quantitative estimate of drug-likeness (QED) is 0.652. The first-order chi connectivity index (χ1) is 10.1. The smallest absolute Gasteiger partial charge is 0.242 e. The number of unbranched alkanes of at least 4 members (excludes halogenated alkanes) is 2. The van der Waals surface area contributed by atoms with Gasteiger partial charge in [0.1, 0.15) is 0 Å². The van der Waals surface area contributed by atoms with Crippen molar-refractivity contribution in [3.8, 4) is 0 Å². The van der Waals surface area contributed by atoms with Gasteiger partial charge in [-0.25, -0.2) is 13.1 Å². The molecule has 6 heteroatoms. The van der Waals surface area contributed by atoms with Crippen molar-refractivity contribution < 1.29 is 8.42 Å². The molecule has 1 aliphatic rings. The lowest BCUT2D eigenvalue weighted by atomic mass is 10.3. The van der Waals surface area contributed by atoms with E-state index in [-0.39, 0.29) is 0 Å². The van der Waals surface area contributed by atoms with Gasteiger partial charge in [-0.05, 0) is 31.9 Å². The molecule has 1 aromatic rings. The summed E-state index contributed by atoms with van der Waals surface area (Å²) in [6, 6.07) is 2.30. The van der Waals surface area contributed by atoms with Gasteiger partial charge in [0.05, 0.1) is 4.90 Å². The molecular formula is C15H27N3O2S. The summed E-state index contributed by atoms with van der Waals surface area (Å²) in [4.78, 5) is 0.402. The molecule has 0 bridgehead atoms. The highest BCUT2D eigenvalue weighted by atomic mass is 32.2. The molecule has 1 heterocycles. The van der Waals surface area contributed by atoms with Crippen LogP contribution in [0.25, 0.3) is 0 Å². The fourth-order valence-corrected chi connectivity index (χ4v) is 3.52. The van der Waals surface area contributed by atoms with Crippen LogP contribution < -0.4 is 10.0 Å². The van der Waals surface area contributed by atoms with E-state index in [2.05, 4.69) is 28.5 Å². The second-order valence-corrected chi connectivity index (χ2v) is 7.46. The van der Waals surface area contributed by atoms with Gasteiger partial charge in [0.15, 0.2) is 0 Å². The Labute approximate surface area is 128 Å². The van der Waals surface area contributed by atoms with Crippen molar-refractivity contribution in [3.63, 3.8) is 0 Å². The minimum atomic E-state index is -3.37. The molecule has 0 spiro atoms. The van der Waals surface area contributed by atoms with E-state index in [9.17, 15) is 8.42 Å². The first kappa shape index (κ1) is 16.5. The van der Waals surface area contributed by atoms with Crippen LogP contribution in [0.5, 0.6) is 0 Å². The third-order valence-corrected chi connectivity index (χ3v) is 5.21. The van der Waals surface area contributed by atoms with Gasteiger partial charge >= 0.3 is 0 Å². The molecule has 1 aliphatic carbocycles. The predicted octanol–water partition coefficient (Wildman–Crippen LogP) is 2.40. The van der Waals surface area contributed by atoms with E-state index in [1.165, 1.54) is 0 Å². The van der Waals surface area contributed by atoms with E-state index in [4.69, 9.17) is 0 Å². The molecule has 1 saturated carbocycles. The van der Waals surface area contributed by atoms with E-state index < -0.39 is 10.0 Å². The van der Waals surface area contributed by atoms with Crippen LogP contribution in [0.3, 0.4) is 0 Å². The summed E-state index contributed by atoms with van der Waals surface area (Å²) in [5, 5.41) is 3.28. The zero-order valence-electron chi connectivity index (χ0n) is 13.1. The molecule has 5 nitrogen and oxygen atoms in total. The number of nitrogens with zero attached hydrogens (tertiary/aromatic N) is 1. The minimum absolute atomic E-state index is 0.402. The van der Waals surface area contributed by atoms with Gasteiger partial charge in [-0.2, -0.15) is 0 Å². The van der Waals surface area contributed by atoms with Gasteiger partial charge in [0.2, 0.25) is 10.0 Å². The lowest BCUT2D eigenvalue weighted by Crippen LogP contribution is -2.24. The summed E-state index contributed by atoms with van der Waals surface area (Å²) in [5.41, 5.74) is 1.06. The van der Waals surface area contributed by atoms with E-state index in [1.54, 1.807) is 6.20 Å². The topological polar surface area (TPSA) is 63.1 Å². The molecule has 1 fully saturated rings. The summed E-state index contributed by atoms with van der Waals surface area (Å²) in [5.74, 6) is 0. The van der Waals surface area contributed by atoms with Crippen molar-refractivity contribution in [1.29, 1.82) is 0 Å². The normalized spacial score (nSPS) is 15.5. The third-order valence-electron chi connectivity index (χ3n) is 3.79. The summed E-state index contributed by atoms with van der Waals surface area (Å²) in [6.07, 6.45) is 7.13. The van der Waals surface area contributed by atoms with Crippen LogP contribution in [0, 0.1) is 0 Å². The Bertz CT molecular complexity index is 547. The van der Waals surface area contributed by atoms with E-state index >= 15 is 0 Å². The maximum absolute atomic E-state index is 12.3. The van der Waals surface area contributed by atoms with Crippen molar-refractivity contribution in [2.24, 2.45) is 0 Å². The van der Waals surface area contributed by atoms with Crippen LogP contribution in [0.1, 0.15) is 57.7 Å². The number of rotatable bonds is 10. The highest BCUT2D eigenvalue weighted by molar-refractivity contribution is 7.89. The molecule has 1 aromatic heterocycles. The van der Waals surface area contributed by atoms with Gasteiger partial charge in [-0.15, -0.1) is 0 Å². The Morgan fingerprint density at radius 2 is 2.05 bits per heavy atom. The maximum atomic E-state index is 12.3. The van der Waals surface area contributed by atoms with E-state index in [0.717, 1.165) is 50.9 Å². The molecule has 0 aromatic carbocycles. The molecule has 0 aliphatic heterocycles. The van der Waals surface area contributed by atoms with Crippen LogP contribution in [0.15, 0.2) is 17.2 Å². The van der Waals surface area contributed by atoms with Crippen molar-refractivity contribution in [2.45, 2.75) is 63.4 Å². The molecule has 0 radical (unpaired) electrons. The summed E-state index contributed by atoms with van der Waals surface area (Å²) in [7, 11) is -3.37. The first-order valence-corrected chi connectivity index (χ1v) is 9.48. The van der Waals surface area contributed by atoms with E-state index in [0.29, 0.717) is 17.5 Å². The number of hydrogen-bond acceptors (Lipinski definition) is 3. The van der Waals surface area contributed by atoms with Crippen LogP contribution in [-0.2, 0) is 16.6 Å². The number of aromatic nitrogens is 1. The molecule has 0 unspecified atom stereocenters. The van der Waals surface area contributed by atoms with Crippen LogP contribution in [-0.4, -0.2) is 26.1 Å². The number of nitrogens with one attached hydrogen (secondary N) is 2. The van der Waals surface area contributed by atoms with Crippen LogP contribution in [0.4, 0.5) is 0 Å². The fourth-order valence-electron chi connectivity index (χ4n) is 2.40. The predicted molar refractivity (Wildman–Crippen MR) is 84.8 cm³/mol. The Balaban J connectivity index is 2.07. The van der Waals surface area contributed by atoms with Crippen LogP contribution in [0.2, 0.25) is 0 Å². The molecular weight excluding hydrogens is 286 g/mol. The lowest BCUT2D eigenvalue weighted by molar-refractivity contribution is 0.575. The van der Waals surface area contributed by atoms with Gasteiger partial charge in [-0.3, -0.25) is 0 Å². The molecule has 0 saturated heterocycles. The average molecular weight is 313 g/mol. The Kier molecular flexibility index (Phi) is 5.84. The largest absolute Gasteiger partial charge is 0.346 e. The van der Waals surface area contributed by atoms with Crippen molar-refractivity contribution in [2.75, 3.05) is 13.1 Å². The third kappa shape index (κ3) is 4.56. The molecule has 120 valence electrons. The molecule has 21 heavy (non-hydrogen) atoms. The van der Waals surface area contributed by atoms with Crippen LogP contribution >= 0.6 is 0 Å². The highest BCUT2D eigenvalue weighted by Crippen LogP contribution is 2.37. The zero-order chi connectivity index (χ0) is 15.3. The first-order valence-electron chi connectivity index (χ1n) is 7.99. The fraction of sp³-hybridized carbons (Fsp3) is 0.733. The average Bonchev–Trinajstić information content (AvgIpc) is 3.21. The van der Waals surface area contributed by atoms with Gasteiger partial charge in [0.25, 0.3) is 0 Å².